The van der Waals surface area contributed by atoms with Crippen LogP contribution in [-0.2, 0) is 0 Å². The highest BCUT2D eigenvalue weighted by molar-refractivity contribution is 4.80. The summed E-state index contributed by atoms with van der Waals surface area (Å²) in [4.78, 5) is 0. The summed E-state index contributed by atoms with van der Waals surface area (Å²) >= 11 is 0. The van der Waals surface area contributed by atoms with E-state index < -0.39 is 0 Å². The molecule has 13 heavy (non-hydrogen) atoms. The maximum atomic E-state index is 2.45. The number of hydrogen-bond donors (Lipinski definition) is 0. The van der Waals surface area contributed by atoms with Crippen molar-refractivity contribution in [2.75, 3.05) is 0 Å². The molecule has 0 heteroatoms. The van der Waals surface area contributed by atoms with Crippen LogP contribution in [0, 0.1) is 29.6 Å². The molecule has 1 aliphatic carbocycles. The molecule has 0 radical (unpaired) electrons. The minimum absolute atomic E-state index is 0.882. The van der Waals surface area contributed by atoms with Crippen LogP contribution in [0.5, 0.6) is 0 Å². The third-order valence-corrected chi connectivity index (χ3v) is 3.97. The molecule has 0 aromatic heterocycles. The van der Waals surface area contributed by atoms with Gasteiger partial charge in [0.05, 0.1) is 0 Å². The molecule has 0 heterocycles. The average molecular weight is 182 g/mol. The SMILES string of the molecule is CC(C)CC1CC(C)C(C)CC1C. The lowest BCUT2D eigenvalue weighted by atomic mass is 9.68. The molecular weight excluding hydrogens is 156 g/mol. The normalized spacial score (nSPS) is 41.1. The lowest BCUT2D eigenvalue weighted by Gasteiger charge is -2.38. The van der Waals surface area contributed by atoms with E-state index in [1.807, 2.05) is 0 Å². The van der Waals surface area contributed by atoms with Crippen molar-refractivity contribution < 1.29 is 0 Å². The predicted octanol–water partition coefficient (Wildman–Crippen LogP) is 4.35. The van der Waals surface area contributed by atoms with Crippen LogP contribution in [0.2, 0.25) is 0 Å². The zero-order valence-corrected chi connectivity index (χ0v) is 10.0. The standard InChI is InChI=1S/C13H26/c1-9(2)6-13-8-11(4)10(3)7-12(13)5/h9-13H,6-8H2,1-5H3. The molecule has 0 aromatic rings. The largest absolute Gasteiger partial charge is 0.0628 e. The van der Waals surface area contributed by atoms with Gasteiger partial charge in [-0.1, -0.05) is 34.6 Å². The van der Waals surface area contributed by atoms with Gasteiger partial charge in [0.25, 0.3) is 0 Å². The van der Waals surface area contributed by atoms with E-state index in [0.29, 0.717) is 0 Å². The average Bonchev–Trinajstić information content (AvgIpc) is 1.99. The van der Waals surface area contributed by atoms with Crippen LogP contribution < -0.4 is 0 Å². The van der Waals surface area contributed by atoms with Crippen LogP contribution in [-0.4, -0.2) is 0 Å². The molecule has 0 amide bonds. The van der Waals surface area contributed by atoms with Crippen molar-refractivity contribution in [1.82, 2.24) is 0 Å². The Morgan fingerprint density at radius 3 is 2.00 bits per heavy atom. The van der Waals surface area contributed by atoms with E-state index in [-0.39, 0.29) is 0 Å². The minimum atomic E-state index is 0.882. The quantitative estimate of drug-likeness (QED) is 0.595. The zero-order chi connectivity index (χ0) is 10.0. The van der Waals surface area contributed by atoms with Gasteiger partial charge < -0.3 is 0 Å². The first-order chi connectivity index (χ1) is 6.00. The van der Waals surface area contributed by atoms with Crippen LogP contribution in [0.4, 0.5) is 0 Å². The molecule has 0 N–H and O–H groups in total. The Morgan fingerprint density at radius 1 is 0.923 bits per heavy atom. The predicted molar refractivity (Wildman–Crippen MR) is 59.7 cm³/mol. The molecule has 78 valence electrons. The van der Waals surface area contributed by atoms with Gasteiger partial charge in [-0.25, -0.2) is 0 Å². The summed E-state index contributed by atoms with van der Waals surface area (Å²) in [5.74, 6) is 4.77. The molecule has 4 unspecified atom stereocenters. The molecule has 4 atom stereocenters. The van der Waals surface area contributed by atoms with Crippen LogP contribution in [0.3, 0.4) is 0 Å². The van der Waals surface area contributed by atoms with E-state index in [1.165, 1.54) is 19.3 Å². The van der Waals surface area contributed by atoms with Crippen molar-refractivity contribution in [3.8, 4) is 0 Å². The van der Waals surface area contributed by atoms with Crippen molar-refractivity contribution in [2.45, 2.75) is 53.9 Å². The van der Waals surface area contributed by atoms with E-state index in [0.717, 1.165) is 29.6 Å². The first-order valence-electron chi connectivity index (χ1n) is 6.00. The van der Waals surface area contributed by atoms with Crippen molar-refractivity contribution in [3.05, 3.63) is 0 Å². The van der Waals surface area contributed by atoms with Gasteiger partial charge in [0.1, 0.15) is 0 Å². The van der Waals surface area contributed by atoms with Gasteiger partial charge in [-0.3, -0.25) is 0 Å². The van der Waals surface area contributed by atoms with Gasteiger partial charge in [-0.2, -0.15) is 0 Å². The summed E-state index contributed by atoms with van der Waals surface area (Å²) in [5, 5.41) is 0. The number of rotatable bonds is 2. The fourth-order valence-corrected chi connectivity index (χ4v) is 2.89. The van der Waals surface area contributed by atoms with Crippen LogP contribution in [0.25, 0.3) is 0 Å². The maximum absolute atomic E-state index is 2.45. The van der Waals surface area contributed by atoms with Crippen molar-refractivity contribution in [1.29, 1.82) is 0 Å². The molecule has 0 nitrogen and oxygen atoms in total. The Kier molecular flexibility index (Phi) is 3.82. The summed E-state index contributed by atoms with van der Waals surface area (Å²) in [7, 11) is 0. The maximum Gasteiger partial charge on any atom is -0.0383 e. The monoisotopic (exact) mass is 182 g/mol. The molecule has 0 bridgehead atoms. The molecule has 0 spiro atoms. The summed E-state index contributed by atoms with van der Waals surface area (Å²) < 4.78 is 0. The van der Waals surface area contributed by atoms with Gasteiger partial charge >= 0.3 is 0 Å². The Morgan fingerprint density at radius 2 is 1.46 bits per heavy atom. The van der Waals surface area contributed by atoms with Crippen molar-refractivity contribution in [2.24, 2.45) is 29.6 Å². The summed E-state index contributed by atoms with van der Waals surface area (Å²) in [5.41, 5.74) is 0. The lowest BCUT2D eigenvalue weighted by Crippen LogP contribution is -2.28. The Labute approximate surface area is 84.1 Å². The van der Waals surface area contributed by atoms with Gasteiger partial charge in [0.2, 0.25) is 0 Å². The molecule has 1 rings (SSSR count). The van der Waals surface area contributed by atoms with Crippen molar-refractivity contribution >= 4 is 0 Å². The Hall–Kier alpha value is 0. The number of hydrogen-bond acceptors (Lipinski definition) is 0. The van der Waals surface area contributed by atoms with Crippen LogP contribution in [0.1, 0.15) is 53.9 Å². The molecule has 1 saturated carbocycles. The second kappa shape index (κ2) is 4.48. The molecule has 0 aromatic carbocycles. The second-order valence-electron chi connectivity index (χ2n) is 5.79. The van der Waals surface area contributed by atoms with Gasteiger partial charge in [0, 0.05) is 0 Å². The molecule has 0 aliphatic heterocycles. The molecule has 0 saturated heterocycles. The summed E-state index contributed by atoms with van der Waals surface area (Å²) in [6.45, 7) is 12.0. The fraction of sp³-hybridized carbons (Fsp3) is 1.00. The van der Waals surface area contributed by atoms with Gasteiger partial charge in [-0.15, -0.1) is 0 Å². The summed E-state index contributed by atoms with van der Waals surface area (Å²) in [6.07, 6.45) is 4.37. The van der Waals surface area contributed by atoms with Gasteiger partial charge in [0.15, 0.2) is 0 Å². The fourth-order valence-electron chi connectivity index (χ4n) is 2.89. The highest BCUT2D eigenvalue weighted by Crippen LogP contribution is 2.40. The van der Waals surface area contributed by atoms with Crippen LogP contribution in [0.15, 0.2) is 0 Å². The third-order valence-electron chi connectivity index (χ3n) is 3.97. The minimum Gasteiger partial charge on any atom is -0.0628 e. The summed E-state index contributed by atoms with van der Waals surface area (Å²) in [6, 6.07) is 0. The van der Waals surface area contributed by atoms with E-state index in [1.54, 1.807) is 0 Å². The first-order valence-corrected chi connectivity index (χ1v) is 6.00. The van der Waals surface area contributed by atoms with Gasteiger partial charge in [-0.05, 0) is 48.9 Å². The second-order valence-corrected chi connectivity index (χ2v) is 5.79. The Balaban J connectivity index is 2.46. The first kappa shape index (κ1) is 11.1. The van der Waals surface area contributed by atoms with E-state index in [4.69, 9.17) is 0 Å². The highest BCUT2D eigenvalue weighted by Gasteiger charge is 2.30. The topological polar surface area (TPSA) is 0 Å². The van der Waals surface area contributed by atoms with Crippen LogP contribution >= 0.6 is 0 Å². The van der Waals surface area contributed by atoms with E-state index in [9.17, 15) is 0 Å². The lowest BCUT2D eigenvalue weighted by molar-refractivity contribution is 0.127. The van der Waals surface area contributed by atoms with E-state index in [2.05, 4.69) is 34.6 Å². The zero-order valence-electron chi connectivity index (χ0n) is 10.0. The van der Waals surface area contributed by atoms with E-state index >= 15 is 0 Å². The van der Waals surface area contributed by atoms with Crippen molar-refractivity contribution in [3.63, 3.8) is 0 Å². The molecular formula is C13H26. The Bertz CT molecular complexity index is 148. The smallest absolute Gasteiger partial charge is 0.0383 e. The molecule has 1 aliphatic rings. The molecule has 1 fully saturated rings. The highest BCUT2D eigenvalue weighted by atomic mass is 14.4. The third kappa shape index (κ3) is 3.00.